The number of hydrogen-bond donors (Lipinski definition) is 0. The smallest absolute Gasteiger partial charge is 0.0651 e. The molecule has 0 amide bonds. The van der Waals surface area contributed by atoms with Crippen LogP contribution < -0.4 is 0 Å². The first-order chi connectivity index (χ1) is 5.84. The van der Waals surface area contributed by atoms with Crippen LogP contribution in [0.15, 0.2) is 0 Å². The van der Waals surface area contributed by atoms with Crippen LogP contribution in [0, 0.1) is 23.2 Å². The minimum absolute atomic E-state index is 0.286. The van der Waals surface area contributed by atoms with Crippen LogP contribution in [0.1, 0.15) is 41.5 Å². The second-order valence-corrected chi connectivity index (χ2v) is 5.82. The molecule has 1 fully saturated rings. The molecule has 0 N–H and O–H groups in total. The normalized spacial score (nSPS) is 42.0. The lowest BCUT2D eigenvalue weighted by Crippen LogP contribution is -2.45. The maximum atomic E-state index is 5.94. The lowest BCUT2D eigenvalue weighted by atomic mass is 9.72. The van der Waals surface area contributed by atoms with Crippen molar-refractivity contribution in [2.45, 2.75) is 47.6 Å². The summed E-state index contributed by atoms with van der Waals surface area (Å²) < 4.78 is 5.94. The predicted octanol–water partition coefficient (Wildman–Crippen LogP) is 3.34. The molecule has 0 aliphatic carbocycles. The fraction of sp³-hybridized carbons (Fsp3) is 1.00. The first kappa shape index (κ1) is 11.0. The van der Waals surface area contributed by atoms with Gasteiger partial charge in [0, 0.05) is 6.61 Å². The average molecular weight is 184 g/mol. The van der Waals surface area contributed by atoms with Crippen LogP contribution in [-0.2, 0) is 4.74 Å². The van der Waals surface area contributed by atoms with Crippen molar-refractivity contribution in [2.24, 2.45) is 23.2 Å². The van der Waals surface area contributed by atoms with Crippen molar-refractivity contribution in [2.75, 3.05) is 6.61 Å². The second kappa shape index (κ2) is 3.61. The zero-order valence-corrected chi connectivity index (χ0v) is 9.92. The lowest BCUT2D eigenvalue weighted by Gasteiger charge is -2.44. The average Bonchev–Trinajstić information content (AvgIpc) is 1.98. The van der Waals surface area contributed by atoms with Crippen LogP contribution in [0.3, 0.4) is 0 Å². The quantitative estimate of drug-likeness (QED) is 0.561. The third-order valence-corrected chi connectivity index (χ3v) is 3.60. The Balaban J connectivity index is 2.70. The number of rotatable bonds is 0. The van der Waals surface area contributed by atoms with Crippen molar-refractivity contribution >= 4 is 0 Å². The van der Waals surface area contributed by atoms with Gasteiger partial charge in [-0.1, -0.05) is 41.5 Å². The standard InChI is InChI=1S/C12H24O/c1-8-7-13-11(12(4,5)6)10(3)9(8)2/h8-11H,7H2,1-6H3/t8-,9+,10?,11-/m1/s1. The Bertz CT molecular complexity index is 168. The molecule has 0 aromatic rings. The SMILES string of the molecule is CC1[C@@H](C)[C@H](C)CO[C@H]1C(C)(C)C. The molecule has 0 aromatic heterocycles. The van der Waals surface area contributed by atoms with E-state index in [-0.39, 0.29) is 5.41 Å². The third-order valence-electron chi connectivity index (χ3n) is 3.60. The Morgan fingerprint density at radius 2 is 1.54 bits per heavy atom. The fourth-order valence-corrected chi connectivity index (χ4v) is 2.39. The molecule has 1 unspecified atom stereocenters. The molecule has 0 bridgehead atoms. The molecule has 0 radical (unpaired) electrons. The molecule has 1 saturated heterocycles. The van der Waals surface area contributed by atoms with Gasteiger partial charge in [-0.2, -0.15) is 0 Å². The van der Waals surface area contributed by atoms with E-state index in [1.54, 1.807) is 0 Å². The summed E-state index contributed by atoms with van der Waals surface area (Å²) >= 11 is 0. The van der Waals surface area contributed by atoms with Gasteiger partial charge in [0.25, 0.3) is 0 Å². The highest BCUT2D eigenvalue weighted by Crippen LogP contribution is 2.38. The van der Waals surface area contributed by atoms with E-state index in [4.69, 9.17) is 4.74 Å². The van der Waals surface area contributed by atoms with Crippen molar-refractivity contribution in [1.29, 1.82) is 0 Å². The summed E-state index contributed by atoms with van der Waals surface area (Å²) in [6.45, 7) is 14.7. The molecule has 1 rings (SSSR count). The Morgan fingerprint density at radius 3 is 2.00 bits per heavy atom. The van der Waals surface area contributed by atoms with E-state index in [1.807, 2.05) is 0 Å². The molecule has 1 nitrogen and oxygen atoms in total. The summed E-state index contributed by atoms with van der Waals surface area (Å²) in [5.74, 6) is 2.19. The number of hydrogen-bond acceptors (Lipinski definition) is 1. The molecule has 78 valence electrons. The first-order valence-electron chi connectivity index (χ1n) is 5.45. The van der Waals surface area contributed by atoms with Gasteiger partial charge in [-0.15, -0.1) is 0 Å². The highest BCUT2D eigenvalue weighted by Gasteiger charge is 2.38. The molecular weight excluding hydrogens is 160 g/mol. The zero-order chi connectivity index (χ0) is 10.2. The Morgan fingerprint density at radius 1 is 1.00 bits per heavy atom. The van der Waals surface area contributed by atoms with Gasteiger partial charge in [-0.05, 0) is 23.2 Å². The Hall–Kier alpha value is -0.0400. The minimum Gasteiger partial charge on any atom is -0.377 e. The number of ether oxygens (including phenoxy) is 1. The molecule has 1 aliphatic heterocycles. The van der Waals surface area contributed by atoms with Gasteiger partial charge in [0.15, 0.2) is 0 Å². The van der Waals surface area contributed by atoms with Gasteiger partial charge in [-0.25, -0.2) is 0 Å². The van der Waals surface area contributed by atoms with Crippen LogP contribution in [0.5, 0.6) is 0 Å². The fourth-order valence-electron chi connectivity index (χ4n) is 2.39. The molecule has 1 aliphatic rings. The summed E-state index contributed by atoms with van der Waals surface area (Å²) in [5, 5.41) is 0. The Labute approximate surface area is 82.9 Å². The largest absolute Gasteiger partial charge is 0.377 e. The van der Waals surface area contributed by atoms with E-state index in [9.17, 15) is 0 Å². The second-order valence-electron chi connectivity index (χ2n) is 5.82. The molecular formula is C12H24O. The van der Waals surface area contributed by atoms with E-state index in [1.165, 1.54) is 0 Å². The van der Waals surface area contributed by atoms with Gasteiger partial charge in [0.2, 0.25) is 0 Å². The molecule has 1 heteroatoms. The monoisotopic (exact) mass is 184 g/mol. The summed E-state index contributed by atoms with van der Waals surface area (Å²) in [4.78, 5) is 0. The molecule has 0 spiro atoms. The van der Waals surface area contributed by atoms with E-state index < -0.39 is 0 Å². The van der Waals surface area contributed by atoms with Crippen molar-refractivity contribution in [3.8, 4) is 0 Å². The predicted molar refractivity (Wildman–Crippen MR) is 56.7 cm³/mol. The van der Waals surface area contributed by atoms with E-state index in [0.29, 0.717) is 17.9 Å². The van der Waals surface area contributed by atoms with Crippen LogP contribution >= 0.6 is 0 Å². The molecule has 13 heavy (non-hydrogen) atoms. The molecule has 1 heterocycles. The van der Waals surface area contributed by atoms with Crippen molar-refractivity contribution in [3.05, 3.63) is 0 Å². The summed E-state index contributed by atoms with van der Waals surface area (Å²) in [6.07, 6.45) is 0.429. The maximum Gasteiger partial charge on any atom is 0.0651 e. The van der Waals surface area contributed by atoms with Crippen molar-refractivity contribution in [3.63, 3.8) is 0 Å². The molecule has 0 saturated carbocycles. The van der Waals surface area contributed by atoms with Gasteiger partial charge >= 0.3 is 0 Å². The van der Waals surface area contributed by atoms with Crippen LogP contribution in [-0.4, -0.2) is 12.7 Å². The van der Waals surface area contributed by atoms with Crippen molar-refractivity contribution < 1.29 is 4.74 Å². The Kier molecular flexibility index (Phi) is 3.06. The van der Waals surface area contributed by atoms with E-state index in [0.717, 1.165) is 12.5 Å². The molecule has 4 atom stereocenters. The summed E-state index contributed by atoms with van der Waals surface area (Å²) in [7, 11) is 0. The van der Waals surface area contributed by atoms with Gasteiger partial charge < -0.3 is 4.74 Å². The topological polar surface area (TPSA) is 9.23 Å². The van der Waals surface area contributed by atoms with Gasteiger partial charge in [-0.3, -0.25) is 0 Å². The first-order valence-corrected chi connectivity index (χ1v) is 5.45. The van der Waals surface area contributed by atoms with Crippen LogP contribution in [0.4, 0.5) is 0 Å². The highest BCUT2D eigenvalue weighted by molar-refractivity contribution is 4.87. The zero-order valence-electron chi connectivity index (χ0n) is 9.92. The third kappa shape index (κ3) is 2.25. The highest BCUT2D eigenvalue weighted by atomic mass is 16.5. The summed E-state index contributed by atoms with van der Waals surface area (Å²) in [6, 6.07) is 0. The van der Waals surface area contributed by atoms with Crippen molar-refractivity contribution in [1.82, 2.24) is 0 Å². The summed E-state index contributed by atoms with van der Waals surface area (Å²) in [5.41, 5.74) is 0.286. The van der Waals surface area contributed by atoms with E-state index >= 15 is 0 Å². The maximum absolute atomic E-state index is 5.94. The molecule has 0 aromatic carbocycles. The lowest BCUT2D eigenvalue weighted by molar-refractivity contribution is -0.123. The van der Waals surface area contributed by atoms with Crippen LogP contribution in [0.25, 0.3) is 0 Å². The van der Waals surface area contributed by atoms with Gasteiger partial charge in [0.1, 0.15) is 0 Å². The minimum atomic E-state index is 0.286. The van der Waals surface area contributed by atoms with Gasteiger partial charge in [0.05, 0.1) is 6.10 Å². The van der Waals surface area contributed by atoms with Crippen LogP contribution in [0.2, 0.25) is 0 Å². The van der Waals surface area contributed by atoms with E-state index in [2.05, 4.69) is 41.5 Å².